The van der Waals surface area contributed by atoms with Gasteiger partial charge < -0.3 is 119 Å². The summed E-state index contributed by atoms with van der Waals surface area (Å²) in [7, 11) is -8.67. The van der Waals surface area contributed by atoms with Gasteiger partial charge in [-0.1, -0.05) is 249 Å². The van der Waals surface area contributed by atoms with E-state index in [2.05, 4.69) is 308 Å². The SMILES string of the molecule is CCN(CC)CC.CCN(CC)CC.CCN(CC)CC.CCN(CC)CC.CCN(CC)CC.CCN(CC)CC.CCN(CC)CC.CCN(CC)CC.CCN(CC)CC.CCN(CC)CC.CCN(CC)CC.CCN(CC)CC.OB(O)O.OB(O)O.OB(O)O.OB(O)O. The Kier molecular flexibility index (Phi) is 185. The molecule has 0 amide bonds. The number of rotatable bonds is 36. The minimum absolute atomic E-state index is 1.19. The fourth-order valence-electron chi connectivity index (χ4n) is 8.05. The summed E-state index contributed by atoms with van der Waals surface area (Å²) >= 11 is 0. The smallest absolute Gasteiger partial charge is 0.402 e. The molecule has 0 saturated carbocycles. The maximum atomic E-state index is 7.17. The first-order valence-corrected chi connectivity index (χ1v) is 39.9. The molecule has 0 aliphatic heterocycles. The summed E-state index contributed by atoms with van der Waals surface area (Å²) in [6.45, 7) is 122. The van der Waals surface area contributed by atoms with Crippen LogP contribution < -0.4 is 0 Å². The van der Waals surface area contributed by atoms with Crippen molar-refractivity contribution in [3.63, 3.8) is 0 Å². The zero-order valence-corrected chi connectivity index (χ0v) is 74.5. The van der Waals surface area contributed by atoms with Crippen LogP contribution in [0.2, 0.25) is 0 Å². The van der Waals surface area contributed by atoms with Crippen molar-refractivity contribution in [2.75, 3.05) is 236 Å². The second kappa shape index (κ2) is 134. The van der Waals surface area contributed by atoms with E-state index in [4.69, 9.17) is 60.3 Å². The van der Waals surface area contributed by atoms with E-state index in [0.29, 0.717) is 0 Å². The number of hydrogen-bond donors (Lipinski definition) is 12. The minimum Gasteiger partial charge on any atom is -0.402 e. The topological polar surface area (TPSA) is 282 Å². The average molecular weight is 1460 g/mol. The summed E-state index contributed by atoms with van der Waals surface area (Å²) in [6.07, 6.45) is 0. The molecule has 0 aromatic heterocycles. The standard InChI is InChI=1S/12C6H15N.4BH3O3/c12*1-4-7(5-2)6-3;4*2-1(3)4/h12*4-6H2,1-3H3;4*2-4H. The molecule has 0 aromatic rings. The summed E-state index contributed by atoms with van der Waals surface area (Å²) in [5.74, 6) is 0. The van der Waals surface area contributed by atoms with Crippen LogP contribution in [0.3, 0.4) is 0 Å². The van der Waals surface area contributed by atoms with Crippen molar-refractivity contribution < 1.29 is 60.3 Å². The van der Waals surface area contributed by atoms with E-state index in [1.165, 1.54) is 236 Å². The van der Waals surface area contributed by atoms with Crippen LogP contribution in [0.4, 0.5) is 0 Å². The Morgan fingerprint density at radius 1 is 0.100 bits per heavy atom. The largest absolute Gasteiger partial charge is 0.631 e. The third-order valence-electron chi connectivity index (χ3n) is 16.1. The Labute approximate surface area is 630 Å². The van der Waals surface area contributed by atoms with Gasteiger partial charge in [0, 0.05) is 0 Å². The first-order valence-electron chi connectivity index (χ1n) is 39.9. The molecule has 0 aromatic carbocycles. The van der Waals surface area contributed by atoms with Crippen molar-refractivity contribution in [1.29, 1.82) is 0 Å². The summed E-state index contributed by atoms with van der Waals surface area (Å²) in [5, 5.41) is 86.0. The van der Waals surface area contributed by atoms with Crippen LogP contribution >= 0.6 is 0 Å². The lowest BCUT2D eigenvalue weighted by Gasteiger charge is -2.13. The Hall–Kier alpha value is -0.700. The highest BCUT2D eigenvalue weighted by molar-refractivity contribution is 6.31. The van der Waals surface area contributed by atoms with Crippen LogP contribution in [0.25, 0.3) is 0 Å². The zero-order valence-electron chi connectivity index (χ0n) is 74.5. The maximum absolute atomic E-state index is 7.17. The molecule has 0 atom stereocenters. The molecule has 24 nitrogen and oxygen atoms in total. The molecular formula is C72H192B4N12O12. The second-order valence-corrected chi connectivity index (χ2v) is 20.8. The lowest BCUT2D eigenvalue weighted by Crippen LogP contribution is -2.21. The van der Waals surface area contributed by atoms with Crippen molar-refractivity contribution in [3.05, 3.63) is 0 Å². The lowest BCUT2D eigenvalue weighted by molar-refractivity contribution is 0.276. The molecule has 28 heteroatoms. The van der Waals surface area contributed by atoms with E-state index in [0.717, 1.165) is 0 Å². The first-order chi connectivity index (χ1) is 47.1. The van der Waals surface area contributed by atoms with E-state index in [-0.39, 0.29) is 0 Å². The molecule has 0 saturated heterocycles. The monoisotopic (exact) mass is 1460 g/mol. The first kappa shape index (κ1) is 138. The minimum atomic E-state index is -2.17. The molecule has 0 aliphatic rings. The normalized spacial score (nSPS) is 9.72. The van der Waals surface area contributed by atoms with Gasteiger partial charge in [-0.05, 0) is 236 Å². The van der Waals surface area contributed by atoms with Gasteiger partial charge in [-0.15, -0.1) is 0 Å². The van der Waals surface area contributed by atoms with Crippen LogP contribution in [0, 0.1) is 0 Å². The van der Waals surface area contributed by atoms with E-state index < -0.39 is 29.3 Å². The molecular weight excluding hydrogens is 1270 g/mol. The van der Waals surface area contributed by atoms with E-state index in [9.17, 15) is 0 Å². The number of hydrogen-bond acceptors (Lipinski definition) is 24. The van der Waals surface area contributed by atoms with Crippen molar-refractivity contribution in [3.8, 4) is 0 Å². The molecule has 0 heterocycles. The van der Waals surface area contributed by atoms with Crippen LogP contribution in [0.5, 0.6) is 0 Å². The highest BCUT2D eigenvalue weighted by Crippen LogP contribution is 1.88. The average Bonchev–Trinajstić information content (AvgIpc) is 3.67. The molecule has 0 bridgehead atoms. The van der Waals surface area contributed by atoms with Crippen molar-refractivity contribution >= 4 is 29.3 Å². The van der Waals surface area contributed by atoms with Gasteiger partial charge in [0.15, 0.2) is 0 Å². The quantitative estimate of drug-likeness (QED) is 0.0265. The van der Waals surface area contributed by atoms with Gasteiger partial charge in [0.2, 0.25) is 0 Å². The molecule has 0 rings (SSSR count). The Morgan fingerprint density at radius 3 is 0.120 bits per heavy atom. The molecule has 624 valence electrons. The highest BCUT2D eigenvalue weighted by Gasteiger charge is 1.98. The Morgan fingerprint density at radius 2 is 0.120 bits per heavy atom. The van der Waals surface area contributed by atoms with Gasteiger partial charge in [-0.3, -0.25) is 0 Å². The zero-order chi connectivity index (χ0) is 82.7. The molecule has 0 spiro atoms. The van der Waals surface area contributed by atoms with Gasteiger partial charge in [0.25, 0.3) is 0 Å². The molecule has 0 aliphatic carbocycles. The lowest BCUT2D eigenvalue weighted by atomic mass is 10.3. The number of nitrogens with zero attached hydrogens (tertiary/aromatic N) is 12. The Balaban J connectivity index is -0.0000000540. The van der Waals surface area contributed by atoms with Gasteiger partial charge in [-0.25, -0.2) is 0 Å². The van der Waals surface area contributed by atoms with Crippen molar-refractivity contribution in [2.24, 2.45) is 0 Å². The third-order valence-corrected chi connectivity index (χ3v) is 16.1. The molecule has 12 N–H and O–H groups in total. The van der Waals surface area contributed by atoms with Crippen LogP contribution in [0.1, 0.15) is 249 Å². The van der Waals surface area contributed by atoms with Crippen molar-refractivity contribution in [2.45, 2.75) is 249 Å². The predicted molar refractivity (Wildman–Crippen MR) is 451 cm³/mol. The second-order valence-electron chi connectivity index (χ2n) is 20.8. The van der Waals surface area contributed by atoms with E-state index in [1.807, 2.05) is 0 Å². The van der Waals surface area contributed by atoms with Crippen LogP contribution in [-0.4, -0.2) is 384 Å². The predicted octanol–water partition coefficient (Wildman–Crippen LogP) is 7.97. The molecule has 0 fully saturated rings. The van der Waals surface area contributed by atoms with Crippen LogP contribution in [-0.2, 0) is 0 Å². The Bertz CT molecular complexity index is 785. The van der Waals surface area contributed by atoms with Gasteiger partial charge >= 0.3 is 29.3 Å². The van der Waals surface area contributed by atoms with Gasteiger partial charge in [-0.2, -0.15) is 0 Å². The summed E-state index contributed by atoms with van der Waals surface area (Å²) in [4.78, 5) is 28.5. The summed E-state index contributed by atoms with van der Waals surface area (Å²) < 4.78 is 0. The van der Waals surface area contributed by atoms with Gasteiger partial charge in [0.1, 0.15) is 0 Å². The van der Waals surface area contributed by atoms with E-state index >= 15 is 0 Å². The van der Waals surface area contributed by atoms with E-state index in [1.54, 1.807) is 0 Å². The summed E-state index contributed by atoms with van der Waals surface area (Å²) in [6, 6.07) is 0. The maximum Gasteiger partial charge on any atom is 0.631 e. The molecule has 0 unspecified atom stereocenters. The fourth-order valence-corrected chi connectivity index (χ4v) is 8.05. The third kappa shape index (κ3) is 177. The molecule has 0 radical (unpaired) electrons. The molecule has 100 heavy (non-hydrogen) atoms. The van der Waals surface area contributed by atoms with Gasteiger partial charge in [0.05, 0.1) is 0 Å². The van der Waals surface area contributed by atoms with Crippen molar-refractivity contribution in [1.82, 2.24) is 58.8 Å². The highest BCUT2D eigenvalue weighted by atomic mass is 16.5. The summed E-state index contributed by atoms with van der Waals surface area (Å²) in [5.41, 5.74) is 0. The van der Waals surface area contributed by atoms with Crippen LogP contribution in [0.15, 0.2) is 0 Å². The fraction of sp³-hybridized carbons (Fsp3) is 1.00.